The lowest BCUT2D eigenvalue weighted by Crippen LogP contribution is -2.39. The van der Waals surface area contributed by atoms with Gasteiger partial charge in [0.25, 0.3) is 0 Å². The highest BCUT2D eigenvalue weighted by Crippen LogP contribution is 2.26. The van der Waals surface area contributed by atoms with Crippen LogP contribution in [0.5, 0.6) is 0 Å². The summed E-state index contributed by atoms with van der Waals surface area (Å²) in [6.07, 6.45) is 3.29. The van der Waals surface area contributed by atoms with Crippen molar-refractivity contribution < 1.29 is 9.26 Å². The van der Waals surface area contributed by atoms with Crippen LogP contribution in [0.25, 0.3) is 0 Å². The summed E-state index contributed by atoms with van der Waals surface area (Å²) >= 11 is 0. The van der Waals surface area contributed by atoms with Crippen LogP contribution in [0.15, 0.2) is 4.52 Å². The summed E-state index contributed by atoms with van der Waals surface area (Å²) in [5.41, 5.74) is 0. The van der Waals surface area contributed by atoms with E-state index in [2.05, 4.69) is 27.3 Å². The summed E-state index contributed by atoms with van der Waals surface area (Å²) in [5, 5.41) is 7.50. The summed E-state index contributed by atoms with van der Waals surface area (Å²) < 4.78 is 11.3. The van der Waals surface area contributed by atoms with Crippen LogP contribution in [-0.2, 0) is 4.74 Å². The molecular formula is C14H24N4O2. The van der Waals surface area contributed by atoms with Gasteiger partial charge in [0.2, 0.25) is 11.7 Å². The zero-order valence-corrected chi connectivity index (χ0v) is 12.2. The predicted molar refractivity (Wildman–Crippen MR) is 74.6 cm³/mol. The van der Waals surface area contributed by atoms with Crippen LogP contribution >= 0.6 is 0 Å². The number of rotatable bonds is 4. The van der Waals surface area contributed by atoms with Gasteiger partial charge in [-0.2, -0.15) is 4.98 Å². The molecule has 6 nitrogen and oxygen atoms in total. The van der Waals surface area contributed by atoms with Gasteiger partial charge in [-0.25, -0.2) is 0 Å². The van der Waals surface area contributed by atoms with Gasteiger partial charge < -0.3 is 14.6 Å². The number of nitrogens with one attached hydrogen (secondary N) is 1. The van der Waals surface area contributed by atoms with Crippen LogP contribution in [0.1, 0.15) is 49.9 Å². The minimum atomic E-state index is -0.0329. The van der Waals surface area contributed by atoms with Crippen molar-refractivity contribution in [3.63, 3.8) is 0 Å². The van der Waals surface area contributed by atoms with E-state index < -0.39 is 0 Å². The minimum absolute atomic E-state index is 0.0329. The Bertz CT molecular complexity index is 415. The lowest BCUT2D eigenvalue weighted by atomic mass is 9.98. The van der Waals surface area contributed by atoms with E-state index in [-0.39, 0.29) is 6.10 Å². The molecule has 0 amide bonds. The Morgan fingerprint density at radius 1 is 1.35 bits per heavy atom. The molecule has 1 aromatic rings. The van der Waals surface area contributed by atoms with Crippen LogP contribution in [0.4, 0.5) is 0 Å². The van der Waals surface area contributed by atoms with Gasteiger partial charge in [0.05, 0.1) is 6.61 Å². The number of piperidine rings is 1. The number of ether oxygens (including phenoxy) is 1. The second kappa shape index (κ2) is 6.65. The number of nitrogens with zero attached hydrogens (tertiary/aromatic N) is 3. The van der Waals surface area contributed by atoms with Crippen molar-refractivity contribution in [3.8, 4) is 0 Å². The topological polar surface area (TPSA) is 63.4 Å². The fourth-order valence-electron chi connectivity index (χ4n) is 2.99. The maximum Gasteiger partial charge on any atom is 0.229 e. The van der Waals surface area contributed by atoms with Gasteiger partial charge in [-0.15, -0.1) is 0 Å². The van der Waals surface area contributed by atoms with Crippen LogP contribution in [0, 0.1) is 0 Å². The van der Waals surface area contributed by atoms with E-state index in [0.717, 1.165) is 63.9 Å². The second-order valence-corrected chi connectivity index (χ2v) is 5.68. The average molecular weight is 280 g/mol. The second-order valence-electron chi connectivity index (χ2n) is 5.68. The van der Waals surface area contributed by atoms with Crippen molar-refractivity contribution in [3.05, 3.63) is 11.7 Å². The highest BCUT2D eigenvalue weighted by molar-refractivity contribution is 4.99. The van der Waals surface area contributed by atoms with Crippen molar-refractivity contribution in [2.24, 2.45) is 0 Å². The third-order valence-corrected chi connectivity index (χ3v) is 4.12. The third-order valence-electron chi connectivity index (χ3n) is 4.12. The first-order valence-electron chi connectivity index (χ1n) is 7.75. The Balaban J connectivity index is 1.63. The van der Waals surface area contributed by atoms with E-state index in [1.807, 2.05) is 0 Å². The van der Waals surface area contributed by atoms with Crippen molar-refractivity contribution in [1.29, 1.82) is 0 Å². The molecule has 2 aliphatic heterocycles. The molecule has 1 atom stereocenters. The molecule has 6 heteroatoms. The number of morpholine rings is 1. The molecule has 0 spiro atoms. The fraction of sp³-hybridized carbons (Fsp3) is 0.857. The van der Waals surface area contributed by atoms with Crippen molar-refractivity contribution in [1.82, 2.24) is 20.4 Å². The van der Waals surface area contributed by atoms with Crippen LogP contribution < -0.4 is 5.32 Å². The molecule has 20 heavy (non-hydrogen) atoms. The van der Waals surface area contributed by atoms with Gasteiger partial charge in [-0.1, -0.05) is 12.1 Å². The first-order chi connectivity index (χ1) is 9.86. The molecule has 0 bridgehead atoms. The first-order valence-corrected chi connectivity index (χ1v) is 7.75. The molecular weight excluding hydrogens is 256 g/mol. The molecule has 3 heterocycles. The van der Waals surface area contributed by atoms with E-state index in [1.54, 1.807) is 0 Å². The van der Waals surface area contributed by atoms with Gasteiger partial charge in [0.15, 0.2) is 0 Å². The van der Waals surface area contributed by atoms with Crippen molar-refractivity contribution in [2.45, 2.75) is 38.2 Å². The number of aromatic nitrogens is 2. The van der Waals surface area contributed by atoms with E-state index in [9.17, 15) is 0 Å². The van der Waals surface area contributed by atoms with E-state index in [4.69, 9.17) is 9.26 Å². The molecule has 2 aliphatic rings. The smallest absolute Gasteiger partial charge is 0.229 e. The molecule has 0 radical (unpaired) electrons. The standard InChI is InChI=1S/C14H24N4O2/c1-2-7-18-8-9-19-12(10-18)13-16-14(20-17-13)11-3-5-15-6-4-11/h11-12,15H,2-10H2,1H3. The van der Waals surface area contributed by atoms with E-state index >= 15 is 0 Å². The fourth-order valence-corrected chi connectivity index (χ4v) is 2.99. The first kappa shape index (κ1) is 14.0. The summed E-state index contributed by atoms with van der Waals surface area (Å²) in [7, 11) is 0. The third kappa shape index (κ3) is 3.19. The van der Waals surface area contributed by atoms with Crippen molar-refractivity contribution in [2.75, 3.05) is 39.3 Å². The van der Waals surface area contributed by atoms with Gasteiger partial charge in [0.1, 0.15) is 6.10 Å². The van der Waals surface area contributed by atoms with Gasteiger partial charge >= 0.3 is 0 Å². The molecule has 0 aliphatic carbocycles. The van der Waals surface area contributed by atoms with Gasteiger partial charge in [-0.3, -0.25) is 4.90 Å². The van der Waals surface area contributed by atoms with Crippen LogP contribution in [0.3, 0.4) is 0 Å². The Labute approximate surface area is 119 Å². The molecule has 2 fully saturated rings. The summed E-state index contributed by atoms with van der Waals surface area (Å²) in [6, 6.07) is 0. The Morgan fingerprint density at radius 3 is 3.00 bits per heavy atom. The molecule has 1 unspecified atom stereocenters. The zero-order chi connectivity index (χ0) is 13.8. The zero-order valence-electron chi connectivity index (χ0n) is 12.2. The molecule has 2 saturated heterocycles. The molecule has 3 rings (SSSR count). The molecule has 1 N–H and O–H groups in total. The number of hydrogen-bond donors (Lipinski definition) is 1. The highest BCUT2D eigenvalue weighted by Gasteiger charge is 2.28. The molecule has 0 saturated carbocycles. The molecule has 112 valence electrons. The number of hydrogen-bond acceptors (Lipinski definition) is 6. The predicted octanol–water partition coefficient (Wildman–Crippen LogP) is 1.32. The summed E-state index contributed by atoms with van der Waals surface area (Å²) in [4.78, 5) is 7.01. The molecule has 0 aromatic carbocycles. The lowest BCUT2D eigenvalue weighted by Gasteiger charge is -2.30. The van der Waals surface area contributed by atoms with Crippen LogP contribution in [0.2, 0.25) is 0 Å². The maximum absolute atomic E-state index is 5.80. The Kier molecular flexibility index (Phi) is 4.65. The van der Waals surface area contributed by atoms with Crippen LogP contribution in [-0.4, -0.2) is 54.4 Å². The summed E-state index contributed by atoms with van der Waals surface area (Å²) in [6.45, 7) is 8.01. The average Bonchev–Trinajstić information content (AvgIpc) is 2.99. The van der Waals surface area contributed by atoms with Gasteiger partial charge in [0, 0.05) is 19.0 Å². The monoisotopic (exact) mass is 280 g/mol. The SMILES string of the molecule is CCCN1CCOC(c2noc(C3CCNCC3)n2)C1. The summed E-state index contributed by atoms with van der Waals surface area (Å²) in [5.74, 6) is 1.92. The minimum Gasteiger partial charge on any atom is -0.367 e. The van der Waals surface area contributed by atoms with Crippen molar-refractivity contribution >= 4 is 0 Å². The maximum atomic E-state index is 5.80. The largest absolute Gasteiger partial charge is 0.367 e. The quantitative estimate of drug-likeness (QED) is 0.897. The lowest BCUT2D eigenvalue weighted by molar-refractivity contribution is -0.0350. The Hall–Kier alpha value is -0.980. The van der Waals surface area contributed by atoms with Gasteiger partial charge in [-0.05, 0) is 38.9 Å². The molecule has 1 aromatic heterocycles. The normalized spacial score (nSPS) is 25.9. The van der Waals surface area contributed by atoms with E-state index in [1.165, 1.54) is 6.42 Å². The highest BCUT2D eigenvalue weighted by atomic mass is 16.5. The van der Waals surface area contributed by atoms with E-state index in [0.29, 0.717) is 5.92 Å². The Morgan fingerprint density at radius 2 is 2.20 bits per heavy atom.